The van der Waals surface area contributed by atoms with Gasteiger partial charge in [0, 0.05) is 12.2 Å². The van der Waals surface area contributed by atoms with E-state index in [1.807, 2.05) is 0 Å². The van der Waals surface area contributed by atoms with Crippen molar-refractivity contribution in [3.8, 4) is 0 Å². The van der Waals surface area contributed by atoms with Gasteiger partial charge >= 0.3 is 0 Å². The summed E-state index contributed by atoms with van der Waals surface area (Å²) in [6.45, 7) is 17.4. The van der Waals surface area contributed by atoms with Crippen molar-refractivity contribution in [2.24, 2.45) is 0 Å². The molecule has 0 radical (unpaired) electrons. The zero-order valence-electron chi connectivity index (χ0n) is 15.1. The number of rotatable bonds is 5. The van der Waals surface area contributed by atoms with Crippen molar-refractivity contribution >= 4 is 13.9 Å². The molecule has 0 amide bonds. The molecule has 0 atom stereocenters. The molecule has 122 valence electrons. The predicted octanol–water partition coefficient (Wildman–Crippen LogP) is 6.16. The van der Waals surface area contributed by atoms with Crippen LogP contribution in [-0.2, 0) is 6.54 Å². The van der Waals surface area contributed by atoms with Crippen LogP contribution in [0.25, 0.3) is 5.70 Å². The Morgan fingerprint density at radius 3 is 1.87 bits per heavy atom. The summed E-state index contributed by atoms with van der Waals surface area (Å²) in [6, 6.07) is 21.3. The fraction of sp³-hybridized carbons (Fsp3) is 0.333. The molecule has 2 aromatic rings. The van der Waals surface area contributed by atoms with Crippen LogP contribution in [0.4, 0.5) is 0 Å². The Hall–Kier alpha value is -1.80. The first-order valence-electron chi connectivity index (χ1n) is 8.29. The molecule has 0 N–H and O–H groups in total. The Balaban J connectivity index is 2.41. The molecule has 0 bridgehead atoms. The van der Waals surface area contributed by atoms with Crippen LogP contribution in [0.3, 0.4) is 0 Å². The van der Waals surface area contributed by atoms with E-state index < -0.39 is 8.24 Å². The largest absolute Gasteiger partial charge is 0.393 e. The van der Waals surface area contributed by atoms with Crippen LogP contribution in [0.15, 0.2) is 67.2 Å². The highest BCUT2D eigenvalue weighted by Crippen LogP contribution is 2.42. The minimum Gasteiger partial charge on any atom is -0.393 e. The van der Waals surface area contributed by atoms with Crippen molar-refractivity contribution in [2.75, 3.05) is 0 Å². The Morgan fingerprint density at radius 2 is 1.39 bits per heavy atom. The van der Waals surface area contributed by atoms with Gasteiger partial charge in [-0.25, -0.2) is 0 Å². The highest BCUT2D eigenvalue weighted by Gasteiger charge is 2.41. The van der Waals surface area contributed by atoms with E-state index in [9.17, 15) is 0 Å². The van der Waals surface area contributed by atoms with Crippen LogP contribution < -0.4 is 0 Å². The summed E-state index contributed by atoms with van der Waals surface area (Å²) in [5.74, 6) is 0. The summed E-state index contributed by atoms with van der Waals surface area (Å²) >= 11 is 0. The Kier molecular flexibility index (Phi) is 5.15. The molecule has 2 rings (SSSR count). The average molecular weight is 324 g/mol. The van der Waals surface area contributed by atoms with Crippen molar-refractivity contribution < 1.29 is 0 Å². The molecule has 1 nitrogen and oxygen atoms in total. The van der Waals surface area contributed by atoms with Crippen LogP contribution in [0, 0.1) is 0 Å². The van der Waals surface area contributed by atoms with Crippen molar-refractivity contribution in [3.05, 3.63) is 78.4 Å². The molecule has 0 saturated heterocycles. The number of hydrogen-bond acceptors (Lipinski definition) is 1. The molecule has 0 fully saturated rings. The predicted molar refractivity (Wildman–Crippen MR) is 105 cm³/mol. The van der Waals surface area contributed by atoms with Gasteiger partial charge in [0.25, 0.3) is 0 Å². The van der Waals surface area contributed by atoms with Gasteiger partial charge < -0.3 is 4.57 Å². The zero-order valence-corrected chi connectivity index (χ0v) is 16.1. The van der Waals surface area contributed by atoms with Crippen LogP contribution >= 0.6 is 0 Å². The van der Waals surface area contributed by atoms with Gasteiger partial charge in [-0.1, -0.05) is 101 Å². The quantitative estimate of drug-likeness (QED) is 0.595. The van der Waals surface area contributed by atoms with Gasteiger partial charge in [-0.05, 0) is 16.2 Å². The van der Waals surface area contributed by atoms with Gasteiger partial charge in [-0.3, -0.25) is 0 Å². The Labute approximate surface area is 142 Å². The summed E-state index contributed by atoms with van der Waals surface area (Å²) in [4.78, 5) is 0. The monoisotopic (exact) mass is 323 g/mol. The van der Waals surface area contributed by atoms with E-state index in [0.717, 1.165) is 12.2 Å². The molecular formula is C21H29NSi. The van der Waals surface area contributed by atoms with Gasteiger partial charge in [0.2, 0.25) is 0 Å². The molecule has 0 unspecified atom stereocenters. The zero-order chi connectivity index (χ0) is 17.1. The maximum absolute atomic E-state index is 4.46. The molecule has 0 aromatic heterocycles. The molecular weight excluding hydrogens is 294 g/mol. The van der Waals surface area contributed by atoms with Crippen LogP contribution in [0.5, 0.6) is 0 Å². The Bertz CT molecular complexity index is 639. The topological polar surface area (TPSA) is 3.24 Å². The minimum atomic E-state index is -1.73. The molecule has 2 heteroatoms. The average Bonchev–Trinajstić information content (AvgIpc) is 2.52. The molecule has 0 aliphatic carbocycles. The van der Waals surface area contributed by atoms with E-state index in [4.69, 9.17) is 0 Å². The van der Waals surface area contributed by atoms with Crippen molar-refractivity contribution in [1.82, 2.24) is 4.57 Å². The lowest BCUT2D eigenvalue weighted by molar-refractivity contribution is 0.525. The maximum Gasteiger partial charge on any atom is 0.156 e. The summed E-state index contributed by atoms with van der Waals surface area (Å²) < 4.78 is 2.58. The normalized spacial score (nSPS) is 12.0. The van der Waals surface area contributed by atoms with E-state index in [1.165, 1.54) is 11.1 Å². The lowest BCUT2D eigenvalue weighted by Gasteiger charge is -2.48. The SMILES string of the molecule is C=C(c1ccccc1)N(Cc1ccccc1)[Si](C)(C)C(C)(C)C. The summed E-state index contributed by atoms with van der Waals surface area (Å²) in [5, 5.41) is 0.263. The van der Waals surface area contributed by atoms with Crippen LogP contribution in [0.2, 0.25) is 18.1 Å². The van der Waals surface area contributed by atoms with Crippen molar-refractivity contribution in [2.45, 2.75) is 45.4 Å². The summed E-state index contributed by atoms with van der Waals surface area (Å²) in [5.41, 5.74) is 3.70. The summed E-state index contributed by atoms with van der Waals surface area (Å²) in [6.07, 6.45) is 0. The van der Waals surface area contributed by atoms with Gasteiger partial charge in [0.05, 0.1) is 0 Å². The highest BCUT2D eigenvalue weighted by atomic mass is 28.3. The van der Waals surface area contributed by atoms with Gasteiger partial charge in [0.15, 0.2) is 8.24 Å². The van der Waals surface area contributed by atoms with Crippen molar-refractivity contribution in [3.63, 3.8) is 0 Å². The molecule has 2 aromatic carbocycles. The number of benzene rings is 2. The Morgan fingerprint density at radius 1 is 0.913 bits per heavy atom. The fourth-order valence-electron chi connectivity index (χ4n) is 2.59. The molecule has 0 spiro atoms. The van der Waals surface area contributed by atoms with E-state index >= 15 is 0 Å². The van der Waals surface area contributed by atoms with Crippen LogP contribution in [-0.4, -0.2) is 12.8 Å². The van der Waals surface area contributed by atoms with Gasteiger partial charge in [-0.15, -0.1) is 0 Å². The maximum atomic E-state index is 4.46. The number of hydrogen-bond donors (Lipinski definition) is 0. The van der Waals surface area contributed by atoms with E-state index in [0.29, 0.717) is 0 Å². The lowest BCUT2D eigenvalue weighted by Crippen LogP contribution is -2.53. The number of nitrogens with zero attached hydrogens (tertiary/aromatic N) is 1. The first-order valence-corrected chi connectivity index (χ1v) is 11.2. The second-order valence-electron chi connectivity index (χ2n) is 7.69. The highest BCUT2D eigenvalue weighted by molar-refractivity contribution is 6.78. The van der Waals surface area contributed by atoms with E-state index in [-0.39, 0.29) is 5.04 Å². The minimum absolute atomic E-state index is 0.263. The molecule has 0 heterocycles. The van der Waals surface area contributed by atoms with Gasteiger partial charge in [-0.2, -0.15) is 0 Å². The second-order valence-corrected chi connectivity index (χ2v) is 12.9. The fourth-order valence-corrected chi connectivity index (χ4v) is 4.78. The first-order chi connectivity index (χ1) is 10.7. The standard InChI is InChI=1S/C21H29NSi/c1-18(20-15-11-8-12-16-20)22(23(5,6)21(2,3)4)17-19-13-9-7-10-14-19/h7-16H,1,17H2,2-6H3. The van der Waals surface area contributed by atoms with E-state index in [2.05, 4.69) is 106 Å². The second kappa shape index (κ2) is 6.75. The lowest BCUT2D eigenvalue weighted by atomic mass is 10.1. The van der Waals surface area contributed by atoms with Gasteiger partial charge in [0.1, 0.15) is 0 Å². The molecule has 0 aliphatic rings. The molecule has 0 saturated carbocycles. The molecule has 0 aliphatic heterocycles. The van der Waals surface area contributed by atoms with Crippen LogP contribution in [0.1, 0.15) is 31.9 Å². The third kappa shape index (κ3) is 3.94. The smallest absolute Gasteiger partial charge is 0.156 e. The third-order valence-electron chi connectivity index (χ3n) is 5.13. The molecule has 23 heavy (non-hydrogen) atoms. The third-order valence-corrected chi connectivity index (χ3v) is 10.6. The van der Waals surface area contributed by atoms with Crippen molar-refractivity contribution in [1.29, 1.82) is 0 Å². The summed E-state index contributed by atoms with van der Waals surface area (Å²) in [7, 11) is -1.73. The van der Waals surface area contributed by atoms with E-state index in [1.54, 1.807) is 0 Å². The first kappa shape index (κ1) is 17.5.